The molecule has 0 fully saturated rings. The van der Waals surface area contributed by atoms with Crippen LogP contribution in [0.4, 0.5) is 25.0 Å². The molecule has 3 amide bonds. The number of para-hydroxylation sites is 1. The predicted molar refractivity (Wildman–Crippen MR) is 240 cm³/mol. The summed E-state index contributed by atoms with van der Waals surface area (Å²) in [5, 5.41) is 9.75. The van der Waals surface area contributed by atoms with E-state index in [1.807, 2.05) is 84.9 Å². The number of fused-ring (bicyclic) bond motifs is 3. The van der Waals surface area contributed by atoms with Crippen LogP contribution in [0.15, 0.2) is 97.1 Å². The Balaban J connectivity index is 1.19. The zero-order valence-corrected chi connectivity index (χ0v) is 37.4. The van der Waals surface area contributed by atoms with Gasteiger partial charge in [0.1, 0.15) is 5.75 Å². The Morgan fingerprint density at radius 1 is 0.873 bits per heavy atom. The lowest BCUT2D eigenvalue weighted by Gasteiger charge is -2.38. The molecule has 1 atom stereocenters. The number of hydrogen-bond acceptors (Lipinski definition) is 6. The number of carbonyl (C=O) groups excluding carboxylic acids is 2. The van der Waals surface area contributed by atoms with E-state index in [1.54, 1.807) is 21.9 Å². The van der Waals surface area contributed by atoms with Gasteiger partial charge < -0.3 is 33.4 Å². The number of aromatic nitrogens is 1. The van der Waals surface area contributed by atoms with Crippen LogP contribution < -0.4 is 18.8 Å². The highest BCUT2D eigenvalue weighted by molar-refractivity contribution is 6.74. The number of alkyl halides is 2. The molecule has 3 aliphatic heterocycles. The molecule has 8 rings (SSSR count). The topological polar surface area (TPSA) is 114 Å². The highest BCUT2D eigenvalue weighted by atomic mass is 28.4. The normalized spacial score (nSPS) is 15.7. The van der Waals surface area contributed by atoms with Gasteiger partial charge in [0, 0.05) is 54.0 Å². The average molecular weight is 877 g/mol. The third kappa shape index (κ3) is 8.91. The monoisotopic (exact) mass is 876 g/mol. The first kappa shape index (κ1) is 43.5. The van der Waals surface area contributed by atoms with E-state index in [9.17, 15) is 18.7 Å². The lowest BCUT2D eigenvalue weighted by Crippen LogP contribution is -2.46. The smallest absolute Gasteiger partial charge is 0.407 e. The molecule has 63 heavy (non-hydrogen) atoms. The first-order valence-electron chi connectivity index (χ1n) is 21.6. The minimum absolute atomic E-state index is 0.00947. The van der Waals surface area contributed by atoms with Gasteiger partial charge in [-0.3, -0.25) is 14.5 Å². The molecule has 3 aliphatic rings. The van der Waals surface area contributed by atoms with E-state index in [0.717, 1.165) is 35.4 Å². The average Bonchev–Trinajstić information content (AvgIpc) is 3.89. The van der Waals surface area contributed by atoms with Crippen LogP contribution in [0, 0.1) is 0 Å². The zero-order chi connectivity index (χ0) is 44.6. The van der Waals surface area contributed by atoms with Crippen LogP contribution in [0.2, 0.25) is 18.1 Å². The van der Waals surface area contributed by atoms with E-state index in [0.29, 0.717) is 69.5 Å². The van der Waals surface area contributed by atoms with Gasteiger partial charge in [-0.05, 0) is 116 Å². The minimum atomic E-state index is -2.83. The van der Waals surface area contributed by atoms with E-state index in [-0.39, 0.29) is 43.2 Å². The summed E-state index contributed by atoms with van der Waals surface area (Å²) >= 11 is 0. The molecule has 0 aliphatic carbocycles. The Bertz CT molecular complexity index is 2500. The van der Waals surface area contributed by atoms with Crippen molar-refractivity contribution in [3.63, 3.8) is 0 Å². The Labute approximate surface area is 367 Å². The summed E-state index contributed by atoms with van der Waals surface area (Å²) in [5.74, 6) is 1.08. The standard InChI is InChI=1S/C49H54F2N4O7Si/c1-49(2,3)63(4,5)62-37-20-18-35(19-21-37)55(34-15-7-6-8-16-34)47(57)40-26-42(53-23-12-11-17-41(40)53)38-27-43-44(61-31-60-43)28-39(38)46(56)54-29-33-14-10-9-13-32(33)25-36(54)22-24-52(48(58)59)30-45(50)51/h6-10,13-16,18-21,26-28,36,45H,11-12,17,22-25,29-31H2,1-5H3,(H,58,59)/t36-/m1/s1. The molecule has 14 heteroatoms. The number of nitrogens with zero attached hydrogens (tertiary/aromatic N) is 4. The van der Waals surface area contributed by atoms with Gasteiger partial charge in [0.25, 0.3) is 18.2 Å². The lowest BCUT2D eigenvalue weighted by atomic mass is 9.90. The molecule has 0 radical (unpaired) electrons. The molecule has 4 heterocycles. The molecule has 0 spiro atoms. The number of carbonyl (C=O) groups is 3. The third-order valence-corrected chi connectivity index (χ3v) is 17.3. The summed E-state index contributed by atoms with van der Waals surface area (Å²) in [5.41, 5.74) is 6.29. The van der Waals surface area contributed by atoms with Crippen LogP contribution in [-0.4, -0.2) is 78.0 Å². The number of amides is 3. The molecule has 11 nitrogen and oxygen atoms in total. The van der Waals surface area contributed by atoms with Gasteiger partial charge in [-0.25, -0.2) is 13.6 Å². The molecule has 5 aromatic rings. The number of benzene rings is 4. The molecule has 330 valence electrons. The van der Waals surface area contributed by atoms with Crippen molar-refractivity contribution in [3.8, 4) is 28.5 Å². The maximum absolute atomic E-state index is 15.2. The maximum Gasteiger partial charge on any atom is 0.407 e. The van der Waals surface area contributed by atoms with Crippen molar-refractivity contribution in [1.82, 2.24) is 14.4 Å². The second kappa shape index (κ2) is 17.5. The van der Waals surface area contributed by atoms with Crippen molar-refractivity contribution < 1.29 is 42.2 Å². The highest BCUT2D eigenvalue weighted by Crippen LogP contribution is 2.44. The molecule has 0 saturated heterocycles. The van der Waals surface area contributed by atoms with Gasteiger partial charge in [0.05, 0.1) is 17.7 Å². The molecule has 4 aromatic carbocycles. The molecule has 1 aromatic heterocycles. The second-order valence-corrected chi connectivity index (χ2v) is 22.8. The summed E-state index contributed by atoms with van der Waals surface area (Å²) in [6, 6.07) is 29.9. The number of halogens is 2. The Kier molecular flexibility index (Phi) is 12.1. The fourth-order valence-corrected chi connectivity index (χ4v) is 9.61. The van der Waals surface area contributed by atoms with Gasteiger partial charge in [-0.1, -0.05) is 63.2 Å². The van der Waals surface area contributed by atoms with E-state index in [1.165, 1.54) is 0 Å². The van der Waals surface area contributed by atoms with Crippen molar-refractivity contribution in [2.45, 2.75) is 96.6 Å². The van der Waals surface area contributed by atoms with Crippen molar-refractivity contribution in [2.24, 2.45) is 0 Å². The van der Waals surface area contributed by atoms with E-state index < -0.39 is 33.4 Å². The fourth-order valence-electron chi connectivity index (χ4n) is 8.58. The Morgan fingerprint density at radius 2 is 1.54 bits per heavy atom. The molecule has 0 unspecified atom stereocenters. The molecular weight excluding hydrogens is 823 g/mol. The Hall–Kier alpha value is -6.15. The van der Waals surface area contributed by atoms with Gasteiger partial charge in [-0.15, -0.1) is 0 Å². The van der Waals surface area contributed by atoms with Crippen molar-refractivity contribution in [3.05, 3.63) is 125 Å². The van der Waals surface area contributed by atoms with E-state index in [4.69, 9.17) is 13.9 Å². The van der Waals surface area contributed by atoms with Crippen molar-refractivity contribution in [2.75, 3.05) is 24.8 Å². The zero-order valence-electron chi connectivity index (χ0n) is 36.4. The summed E-state index contributed by atoms with van der Waals surface area (Å²) in [4.78, 5) is 46.6. The third-order valence-electron chi connectivity index (χ3n) is 13.0. The van der Waals surface area contributed by atoms with Crippen LogP contribution in [0.5, 0.6) is 17.2 Å². The number of hydrogen-bond donors (Lipinski definition) is 1. The lowest BCUT2D eigenvalue weighted by molar-refractivity contribution is 0.0568. The Morgan fingerprint density at radius 3 is 2.22 bits per heavy atom. The van der Waals surface area contributed by atoms with Crippen molar-refractivity contribution in [1.29, 1.82) is 0 Å². The number of carboxylic acid groups (broad SMARTS) is 1. The van der Waals surface area contributed by atoms with Crippen LogP contribution in [0.3, 0.4) is 0 Å². The van der Waals surface area contributed by atoms with Gasteiger partial charge in [0.15, 0.2) is 11.5 Å². The van der Waals surface area contributed by atoms with Gasteiger partial charge in [-0.2, -0.15) is 0 Å². The SMILES string of the molecule is CC(C)(C)[Si](C)(C)Oc1ccc(N(C(=O)c2cc(-c3cc4c(cc3C(=O)N3Cc5ccccc5C[C@H]3CCN(CC(F)F)C(=O)O)OCO4)n3c2CCCC3)c2ccccc2)cc1. The first-order valence-corrected chi connectivity index (χ1v) is 24.5. The molecule has 0 saturated carbocycles. The largest absolute Gasteiger partial charge is 0.544 e. The summed E-state index contributed by atoms with van der Waals surface area (Å²) in [6.45, 7) is 10.7. The summed E-state index contributed by atoms with van der Waals surface area (Å²) < 4.78 is 47.2. The van der Waals surface area contributed by atoms with Crippen LogP contribution >= 0.6 is 0 Å². The number of rotatable bonds is 12. The van der Waals surface area contributed by atoms with Crippen LogP contribution in [0.1, 0.15) is 77.6 Å². The molecular formula is C49H54F2N4O7Si. The number of ether oxygens (including phenoxy) is 2. The quantitative estimate of drug-likeness (QED) is 0.124. The minimum Gasteiger partial charge on any atom is -0.544 e. The summed E-state index contributed by atoms with van der Waals surface area (Å²) in [7, 11) is -2.12. The van der Waals surface area contributed by atoms with E-state index >= 15 is 9.59 Å². The summed E-state index contributed by atoms with van der Waals surface area (Å²) in [6.07, 6.45) is -1.30. The van der Waals surface area contributed by atoms with Crippen LogP contribution in [-0.2, 0) is 25.9 Å². The van der Waals surface area contributed by atoms with Crippen LogP contribution in [0.25, 0.3) is 11.3 Å². The molecule has 1 N–H and O–H groups in total. The second-order valence-electron chi connectivity index (χ2n) is 18.1. The molecule has 0 bridgehead atoms. The van der Waals surface area contributed by atoms with Crippen molar-refractivity contribution >= 4 is 37.6 Å². The predicted octanol–water partition coefficient (Wildman–Crippen LogP) is 10.8. The maximum atomic E-state index is 15.2. The highest BCUT2D eigenvalue weighted by Gasteiger charge is 2.39. The van der Waals surface area contributed by atoms with Gasteiger partial charge >= 0.3 is 6.09 Å². The van der Waals surface area contributed by atoms with E-state index in [2.05, 4.69) is 38.4 Å². The number of anilines is 2. The first-order chi connectivity index (χ1) is 30.1. The van der Waals surface area contributed by atoms with Gasteiger partial charge in [0.2, 0.25) is 15.1 Å². The fraction of sp³-hybridized carbons (Fsp3) is 0.367.